The fourth-order valence-electron chi connectivity index (χ4n) is 2.66. The van der Waals surface area contributed by atoms with Gasteiger partial charge in [0, 0.05) is 18.2 Å². The molecule has 0 spiro atoms. The molecule has 1 aromatic carbocycles. The Labute approximate surface area is 175 Å². The van der Waals surface area contributed by atoms with Crippen LogP contribution in [0.2, 0.25) is 0 Å². The van der Waals surface area contributed by atoms with Crippen molar-refractivity contribution in [3.8, 4) is 5.75 Å². The maximum Gasteiger partial charge on any atom is 0.514 e. The van der Waals surface area contributed by atoms with E-state index >= 15 is 0 Å². The lowest BCUT2D eigenvalue weighted by molar-refractivity contribution is -0.394. The molecule has 0 atom stereocenters. The van der Waals surface area contributed by atoms with Crippen molar-refractivity contribution in [3.05, 3.63) is 45.8 Å². The number of hydrogen-bond acceptors (Lipinski definition) is 10. The van der Waals surface area contributed by atoms with E-state index in [9.17, 15) is 14.9 Å². The number of ketones is 1. The fourth-order valence-corrected chi connectivity index (χ4v) is 3.54. The molecule has 2 aromatic heterocycles. The summed E-state index contributed by atoms with van der Waals surface area (Å²) in [5.74, 6) is 1.03. The van der Waals surface area contributed by atoms with Gasteiger partial charge in [-0.3, -0.25) is 4.79 Å². The molecule has 0 radical (unpaired) electrons. The van der Waals surface area contributed by atoms with Crippen LogP contribution in [0.25, 0.3) is 0 Å². The number of hydrogen-bond donors (Lipinski definition) is 0. The molecule has 30 heavy (non-hydrogen) atoms. The summed E-state index contributed by atoms with van der Waals surface area (Å²) in [5.41, 5.74) is 0.917. The van der Waals surface area contributed by atoms with E-state index < -0.39 is 10.9 Å². The van der Waals surface area contributed by atoms with Crippen molar-refractivity contribution < 1.29 is 14.5 Å². The summed E-state index contributed by atoms with van der Waals surface area (Å²) in [6, 6.07) is 7.46. The first kappa shape index (κ1) is 21.4. The lowest BCUT2D eigenvalue weighted by Gasteiger charge is -2.06. The Balaban J connectivity index is 1.58. The third kappa shape index (κ3) is 5.37. The van der Waals surface area contributed by atoms with Crippen molar-refractivity contribution in [1.29, 1.82) is 0 Å². The van der Waals surface area contributed by atoms with Crippen LogP contribution in [0.5, 0.6) is 5.75 Å². The minimum atomic E-state index is -0.717. The smallest absolute Gasteiger partial charge is 0.494 e. The van der Waals surface area contributed by atoms with Gasteiger partial charge in [0.1, 0.15) is 18.1 Å². The number of rotatable bonds is 11. The molecular weight excluding hydrogens is 412 g/mol. The Morgan fingerprint density at radius 2 is 1.97 bits per heavy atom. The number of thioether (sulfide) groups is 1. The number of aromatic nitrogens is 7. The van der Waals surface area contributed by atoms with Gasteiger partial charge in [-0.15, -0.1) is 10.2 Å². The normalized spacial score (nSPS) is 10.9. The van der Waals surface area contributed by atoms with Crippen molar-refractivity contribution >= 4 is 23.5 Å². The lowest BCUT2D eigenvalue weighted by Crippen LogP contribution is -2.12. The topological polar surface area (TPSA) is 144 Å². The molecule has 0 unspecified atom stereocenters. The van der Waals surface area contributed by atoms with Crippen LogP contribution < -0.4 is 4.74 Å². The molecule has 13 heteroatoms. The van der Waals surface area contributed by atoms with E-state index in [-0.39, 0.29) is 18.1 Å². The highest BCUT2D eigenvalue weighted by molar-refractivity contribution is 7.99. The quantitative estimate of drug-likeness (QED) is 0.248. The van der Waals surface area contributed by atoms with Gasteiger partial charge in [-0.25, -0.2) is 0 Å². The molecule has 0 saturated heterocycles. The van der Waals surface area contributed by atoms with Crippen molar-refractivity contribution in [2.24, 2.45) is 0 Å². The Morgan fingerprint density at radius 3 is 2.60 bits per heavy atom. The molecule has 0 aliphatic carbocycles. The van der Waals surface area contributed by atoms with Crippen molar-refractivity contribution in [2.75, 3.05) is 12.4 Å². The monoisotopic (exact) mass is 432 g/mol. The van der Waals surface area contributed by atoms with Gasteiger partial charge in [0.2, 0.25) is 0 Å². The lowest BCUT2D eigenvalue weighted by atomic mass is 10.1. The molecule has 3 rings (SSSR count). The van der Waals surface area contributed by atoms with Crippen molar-refractivity contribution in [2.45, 2.75) is 38.5 Å². The number of benzene rings is 1. The van der Waals surface area contributed by atoms with Crippen LogP contribution in [0.4, 0.5) is 5.95 Å². The second-order valence-corrected chi connectivity index (χ2v) is 7.04. The Kier molecular flexibility index (Phi) is 7.06. The highest BCUT2D eigenvalue weighted by Gasteiger charge is 2.19. The summed E-state index contributed by atoms with van der Waals surface area (Å²) >= 11 is 1.29. The number of carbonyl (C=O) groups excluding carboxylic acids is 1. The SMILES string of the molecule is CCOc1ccc(CC(=O)CSc2nnc(Cn3nnc([N+](=O)[O-])n3)n2CC)cc1. The van der Waals surface area contributed by atoms with Gasteiger partial charge in [0.15, 0.2) is 11.0 Å². The summed E-state index contributed by atoms with van der Waals surface area (Å²) in [7, 11) is 0. The predicted octanol–water partition coefficient (Wildman–Crippen LogP) is 1.54. The van der Waals surface area contributed by atoms with Crippen molar-refractivity contribution in [1.82, 2.24) is 35.0 Å². The van der Waals surface area contributed by atoms with Crippen LogP contribution in [0, 0.1) is 10.1 Å². The van der Waals surface area contributed by atoms with Gasteiger partial charge in [-0.1, -0.05) is 28.7 Å². The van der Waals surface area contributed by atoms with Crippen LogP contribution >= 0.6 is 11.8 Å². The summed E-state index contributed by atoms with van der Waals surface area (Å²) < 4.78 is 7.21. The van der Waals surface area contributed by atoms with Gasteiger partial charge < -0.3 is 19.4 Å². The minimum Gasteiger partial charge on any atom is -0.494 e. The zero-order valence-corrected chi connectivity index (χ0v) is 17.3. The molecule has 0 fully saturated rings. The predicted molar refractivity (Wildman–Crippen MR) is 106 cm³/mol. The van der Waals surface area contributed by atoms with Gasteiger partial charge in [0.25, 0.3) is 0 Å². The summed E-state index contributed by atoms with van der Waals surface area (Å²) in [6.07, 6.45) is 0.319. The first-order valence-electron chi connectivity index (χ1n) is 9.20. The van der Waals surface area contributed by atoms with Crippen LogP contribution in [0.15, 0.2) is 29.4 Å². The third-order valence-electron chi connectivity index (χ3n) is 4.00. The summed E-state index contributed by atoms with van der Waals surface area (Å²) in [6.45, 7) is 5.08. The highest BCUT2D eigenvalue weighted by atomic mass is 32.2. The van der Waals surface area contributed by atoms with E-state index in [4.69, 9.17) is 4.74 Å². The number of Topliss-reactive ketones (excluding diaryl/α,β-unsaturated/α-hetero) is 1. The Morgan fingerprint density at radius 1 is 1.20 bits per heavy atom. The highest BCUT2D eigenvalue weighted by Crippen LogP contribution is 2.19. The number of nitro groups is 1. The maximum absolute atomic E-state index is 12.4. The molecule has 0 N–H and O–H groups in total. The molecule has 158 valence electrons. The molecular formula is C17H20N8O4S. The van der Waals surface area contributed by atoms with E-state index in [2.05, 4.69) is 25.6 Å². The number of tetrazole rings is 1. The third-order valence-corrected chi connectivity index (χ3v) is 5.02. The molecule has 12 nitrogen and oxygen atoms in total. The fraction of sp³-hybridized carbons (Fsp3) is 0.412. The van der Waals surface area contributed by atoms with E-state index in [1.165, 1.54) is 11.8 Å². The van der Waals surface area contributed by atoms with Crippen LogP contribution in [-0.4, -0.2) is 58.0 Å². The molecule has 2 heterocycles. The Bertz CT molecular complexity index is 1020. The number of ether oxygens (including phenoxy) is 1. The standard InChI is InChI=1S/C17H20N8O4S/c1-3-23-15(10-24-21-16(19-22-24)25(27)28)18-20-17(23)30-11-13(26)9-12-5-7-14(8-6-12)29-4-2/h5-8H,3-4,9-11H2,1-2H3. The van der Waals surface area contributed by atoms with Gasteiger partial charge in [0.05, 0.1) is 22.6 Å². The van der Waals surface area contributed by atoms with Gasteiger partial charge >= 0.3 is 5.95 Å². The molecule has 0 bridgehead atoms. The zero-order valence-electron chi connectivity index (χ0n) is 16.5. The molecule has 3 aromatic rings. The number of carbonyl (C=O) groups is 1. The maximum atomic E-state index is 12.4. The van der Waals surface area contributed by atoms with Crippen LogP contribution in [0.1, 0.15) is 25.2 Å². The molecule has 0 amide bonds. The first-order chi connectivity index (χ1) is 14.5. The zero-order chi connectivity index (χ0) is 21.5. The van der Waals surface area contributed by atoms with Crippen molar-refractivity contribution in [3.63, 3.8) is 0 Å². The first-order valence-corrected chi connectivity index (χ1v) is 10.2. The second-order valence-electron chi connectivity index (χ2n) is 6.10. The Hall–Kier alpha value is -3.35. The minimum absolute atomic E-state index is 0.0601. The van der Waals surface area contributed by atoms with E-state index in [0.717, 1.165) is 16.1 Å². The van der Waals surface area contributed by atoms with Gasteiger partial charge in [-0.2, -0.15) is 0 Å². The van der Waals surface area contributed by atoms with E-state index in [1.807, 2.05) is 42.7 Å². The summed E-state index contributed by atoms with van der Waals surface area (Å²) in [4.78, 5) is 23.4. The largest absolute Gasteiger partial charge is 0.514 e. The average molecular weight is 432 g/mol. The molecule has 0 aliphatic heterocycles. The molecule has 0 saturated carbocycles. The van der Waals surface area contributed by atoms with Crippen LogP contribution in [-0.2, 0) is 24.3 Å². The van der Waals surface area contributed by atoms with Crippen LogP contribution in [0.3, 0.4) is 0 Å². The van der Waals surface area contributed by atoms with E-state index in [1.54, 1.807) is 0 Å². The van der Waals surface area contributed by atoms with Gasteiger partial charge in [-0.05, 0) is 36.5 Å². The molecule has 0 aliphatic rings. The second kappa shape index (κ2) is 9.91. The average Bonchev–Trinajstić information content (AvgIpc) is 3.35. The summed E-state index contributed by atoms with van der Waals surface area (Å²) in [5, 5.41) is 30.1. The van der Waals surface area contributed by atoms with E-state index in [0.29, 0.717) is 30.6 Å². The number of nitrogens with zero attached hydrogens (tertiary/aromatic N) is 8.